The van der Waals surface area contributed by atoms with Crippen molar-refractivity contribution in [1.29, 1.82) is 0 Å². The number of benzene rings is 1. The SMILES string of the molecule is O=C(NCCC1CCCCO1)c1cccc(S(=O)(=O)Cl)c1. The molecular weight excluding hydrogens is 314 g/mol. The van der Waals surface area contributed by atoms with Crippen molar-refractivity contribution in [2.24, 2.45) is 0 Å². The van der Waals surface area contributed by atoms with Crippen LogP contribution in [0.2, 0.25) is 0 Å². The van der Waals surface area contributed by atoms with Crippen molar-refractivity contribution in [3.05, 3.63) is 29.8 Å². The number of ether oxygens (including phenoxy) is 1. The lowest BCUT2D eigenvalue weighted by Gasteiger charge is -2.22. The number of hydrogen-bond acceptors (Lipinski definition) is 4. The van der Waals surface area contributed by atoms with E-state index in [0.29, 0.717) is 6.54 Å². The molecule has 1 unspecified atom stereocenters. The van der Waals surface area contributed by atoms with Gasteiger partial charge in [-0.2, -0.15) is 0 Å². The summed E-state index contributed by atoms with van der Waals surface area (Å²) in [7, 11) is 1.44. The second-order valence-electron chi connectivity index (χ2n) is 5.00. The van der Waals surface area contributed by atoms with Crippen LogP contribution in [-0.4, -0.2) is 33.6 Å². The summed E-state index contributed by atoms with van der Waals surface area (Å²) in [6, 6.07) is 5.68. The minimum Gasteiger partial charge on any atom is -0.378 e. The van der Waals surface area contributed by atoms with Gasteiger partial charge in [-0.05, 0) is 43.9 Å². The first-order valence-electron chi connectivity index (χ1n) is 6.91. The summed E-state index contributed by atoms with van der Waals surface area (Å²) in [5.41, 5.74) is 0.279. The summed E-state index contributed by atoms with van der Waals surface area (Å²) in [6.45, 7) is 1.29. The fourth-order valence-electron chi connectivity index (χ4n) is 2.27. The zero-order chi connectivity index (χ0) is 15.3. The van der Waals surface area contributed by atoms with Gasteiger partial charge in [-0.25, -0.2) is 8.42 Å². The van der Waals surface area contributed by atoms with Gasteiger partial charge in [0.25, 0.3) is 15.0 Å². The molecule has 5 nitrogen and oxygen atoms in total. The van der Waals surface area contributed by atoms with Gasteiger partial charge in [0.1, 0.15) is 0 Å². The summed E-state index contributed by atoms with van der Waals surface area (Å²) in [5, 5.41) is 2.77. The zero-order valence-corrected chi connectivity index (χ0v) is 13.1. The Morgan fingerprint density at radius 2 is 2.19 bits per heavy atom. The van der Waals surface area contributed by atoms with E-state index < -0.39 is 9.05 Å². The van der Waals surface area contributed by atoms with Gasteiger partial charge in [-0.1, -0.05) is 6.07 Å². The third-order valence-corrected chi connectivity index (χ3v) is 4.76. The Bertz CT molecular complexity index is 597. The molecule has 0 aromatic heterocycles. The van der Waals surface area contributed by atoms with Crippen LogP contribution in [0.5, 0.6) is 0 Å². The summed E-state index contributed by atoms with van der Waals surface area (Å²) < 4.78 is 28.1. The molecule has 1 aliphatic rings. The Balaban J connectivity index is 1.88. The standard InChI is InChI=1S/C14H18ClNO4S/c15-21(18,19)13-6-3-4-11(10-13)14(17)16-8-7-12-5-1-2-9-20-12/h3-4,6,10,12H,1-2,5,7-9H2,(H,16,17). The lowest BCUT2D eigenvalue weighted by molar-refractivity contribution is 0.0117. The van der Waals surface area contributed by atoms with E-state index in [1.165, 1.54) is 18.2 Å². The molecule has 1 fully saturated rings. The van der Waals surface area contributed by atoms with E-state index in [1.807, 2.05) is 0 Å². The van der Waals surface area contributed by atoms with Crippen molar-refractivity contribution in [2.45, 2.75) is 36.7 Å². The highest BCUT2D eigenvalue weighted by Crippen LogP contribution is 2.17. The Hall–Kier alpha value is -1.11. The van der Waals surface area contributed by atoms with E-state index in [2.05, 4.69) is 5.32 Å². The third-order valence-electron chi connectivity index (χ3n) is 3.40. The van der Waals surface area contributed by atoms with Crippen LogP contribution >= 0.6 is 10.7 Å². The Labute approximate surface area is 129 Å². The highest BCUT2D eigenvalue weighted by molar-refractivity contribution is 8.13. The van der Waals surface area contributed by atoms with E-state index >= 15 is 0 Å². The predicted octanol–water partition coefficient (Wildman–Crippen LogP) is 2.30. The molecule has 116 valence electrons. The van der Waals surface area contributed by atoms with E-state index in [-0.39, 0.29) is 22.5 Å². The van der Waals surface area contributed by atoms with Gasteiger partial charge in [0.15, 0.2) is 0 Å². The summed E-state index contributed by atoms with van der Waals surface area (Å²) in [6.07, 6.45) is 4.25. The molecule has 21 heavy (non-hydrogen) atoms. The average Bonchev–Trinajstić information content (AvgIpc) is 2.47. The quantitative estimate of drug-likeness (QED) is 0.840. The number of nitrogens with one attached hydrogen (secondary N) is 1. The molecule has 1 aromatic rings. The Morgan fingerprint density at radius 3 is 2.86 bits per heavy atom. The number of halogens is 1. The average molecular weight is 332 g/mol. The molecule has 1 amide bonds. The van der Waals surface area contributed by atoms with Crippen LogP contribution in [0.1, 0.15) is 36.0 Å². The molecule has 0 spiro atoms. The Kier molecular flexibility index (Phi) is 5.61. The monoisotopic (exact) mass is 331 g/mol. The number of hydrogen-bond donors (Lipinski definition) is 1. The first-order valence-corrected chi connectivity index (χ1v) is 9.22. The van der Waals surface area contributed by atoms with Gasteiger partial charge in [-0.15, -0.1) is 0 Å². The second-order valence-corrected chi connectivity index (χ2v) is 7.56. The fourth-order valence-corrected chi connectivity index (χ4v) is 3.07. The van der Waals surface area contributed by atoms with Gasteiger partial charge in [0, 0.05) is 29.4 Å². The van der Waals surface area contributed by atoms with Gasteiger partial charge < -0.3 is 10.1 Å². The molecular formula is C14H18ClNO4S. The maximum absolute atomic E-state index is 12.0. The molecule has 1 saturated heterocycles. The topological polar surface area (TPSA) is 72.5 Å². The van der Waals surface area contributed by atoms with E-state index in [9.17, 15) is 13.2 Å². The molecule has 2 rings (SSSR count). The molecule has 1 atom stereocenters. The summed E-state index contributed by atoms with van der Waals surface area (Å²) in [4.78, 5) is 11.9. The third kappa shape index (κ3) is 4.98. The molecule has 1 aromatic carbocycles. The highest BCUT2D eigenvalue weighted by Gasteiger charge is 2.15. The van der Waals surface area contributed by atoms with Crippen molar-refractivity contribution >= 4 is 25.6 Å². The number of carbonyl (C=O) groups is 1. The minimum atomic E-state index is -3.82. The zero-order valence-electron chi connectivity index (χ0n) is 11.5. The largest absolute Gasteiger partial charge is 0.378 e. The van der Waals surface area contributed by atoms with Crippen LogP contribution in [0.3, 0.4) is 0 Å². The molecule has 1 aliphatic heterocycles. The number of rotatable bonds is 5. The summed E-state index contributed by atoms with van der Waals surface area (Å²) >= 11 is 0. The van der Waals surface area contributed by atoms with E-state index in [1.54, 1.807) is 6.07 Å². The van der Waals surface area contributed by atoms with Crippen LogP contribution in [0.4, 0.5) is 0 Å². The van der Waals surface area contributed by atoms with E-state index in [0.717, 1.165) is 32.3 Å². The Morgan fingerprint density at radius 1 is 1.38 bits per heavy atom. The van der Waals surface area contributed by atoms with Crippen molar-refractivity contribution < 1.29 is 17.9 Å². The van der Waals surface area contributed by atoms with Crippen LogP contribution in [-0.2, 0) is 13.8 Å². The molecule has 0 bridgehead atoms. The summed E-state index contributed by atoms with van der Waals surface area (Å²) in [5.74, 6) is -0.312. The molecule has 1 N–H and O–H groups in total. The van der Waals surface area contributed by atoms with Crippen LogP contribution in [0.15, 0.2) is 29.2 Å². The van der Waals surface area contributed by atoms with Crippen molar-refractivity contribution in [1.82, 2.24) is 5.32 Å². The maximum Gasteiger partial charge on any atom is 0.261 e. The van der Waals surface area contributed by atoms with Gasteiger partial charge >= 0.3 is 0 Å². The van der Waals surface area contributed by atoms with Gasteiger partial charge in [-0.3, -0.25) is 4.79 Å². The molecule has 1 heterocycles. The maximum atomic E-state index is 12.0. The second kappa shape index (κ2) is 7.24. The highest BCUT2D eigenvalue weighted by atomic mass is 35.7. The number of carbonyl (C=O) groups excluding carboxylic acids is 1. The molecule has 0 saturated carbocycles. The minimum absolute atomic E-state index is 0.0765. The molecule has 0 radical (unpaired) electrons. The van der Waals surface area contributed by atoms with Crippen LogP contribution in [0.25, 0.3) is 0 Å². The van der Waals surface area contributed by atoms with Crippen LogP contribution < -0.4 is 5.32 Å². The normalized spacial score (nSPS) is 19.2. The fraction of sp³-hybridized carbons (Fsp3) is 0.500. The van der Waals surface area contributed by atoms with E-state index in [4.69, 9.17) is 15.4 Å². The molecule has 0 aliphatic carbocycles. The first-order chi connectivity index (χ1) is 9.97. The van der Waals surface area contributed by atoms with Crippen LogP contribution in [0, 0.1) is 0 Å². The van der Waals surface area contributed by atoms with Crippen molar-refractivity contribution in [3.63, 3.8) is 0 Å². The van der Waals surface area contributed by atoms with Gasteiger partial charge in [0.2, 0.25) is 0 Å². The van der Waals surface area contributed by atoms with Gasteiger partial charge in [0.05, 0.1) is 11.0 Å². The first kappa shape index (κ1) is 16.3. The lowest BCUT2D eigenvalue weighted by Crippen LogP contribution is -2.29. The lowest BCUT2D eigenvalue weighted by atomic mass is 10.1. The van der Waals surface area contributed by atoms with Crippen molar-refractivity contribution in [3.8, 4) is 0 Å². The van der Waals surface area contributed by atoms with Crippen molar-refractivity contribution in [2.75, 3.05) is 13.2 Å². The predicted molar refractivity (Wildman–Crippen MR) is 80.0 cm³/mol. The number of amides is 1. The molecule has 7 heteroatoms. The smallest absolute Gasteiger partial charge is 0.261 e.